The molecule has 0 spiro atoms. The summed E-state index contributed by atoms with van der Waals surface area (Å²) in [7, 11) is -0.611. The van der Waals surface area contributed by atoms with Gasteiger partial charge in [-0.3, -0.25) is 9.59 Å². The number of carbonyl (C=O) groups excluding carboxylic acids is 2. The SMILES string of the molecule is CCOC(=O)CC(CCCC(CC(=O)c1ccccc1)OC)(O[Si](C)(C)C(C)(C)C)c1ccccc1. The van der Waals surface area contributed by atoms with Crippen LogP contribution in [0.4, 0.5) is 0 Å². The van der Waals surface area contributed by atoms with Crippen LogP contribution in [0.1, 0.15) is 75.7 Å². The van der Waals surface area contributed by atoms with Gasteiger partial charge in [0.1, 0.15) is 0 Å². The Bertz CT molecular complexity index is 952. The zero-order valence-electron chi connectivity index (χ0n) is 23.1. The minimum atomic E-state index is -2.26. The summed E-state index contributed by atoms with van der Waals surface area (Å²) in [5.41, 5.74) is 0.872. The van der Waals surface area contributed by atoms with Crippen molar-refractivity contribution in [3.63, 3.8) is 0 Å². The van der Waals surface area contributed by atoms with E-state index in [1.165, 1.54) is 0 Å². The van der Waals surface area contributed by atoms with E-state index in [0.717, 1.165) is 12.0 Å². The van der Waals surface area contributed by atoms with E-state index in [0.29, 0.717) is 31.4 Å². The maximum atomic E-state index is 12.9. The smallest absolute Gasteiger partial charge is 0.309 e. The molecule has 2 rings (SSSR count). The number of Topliss-reactive ketones (excluding diaryl/α,β-unsaturated/α-hetero) is 1. The summed E-state index contributed by atoms with van der Waals surface area (Å²) < 4.78 is 18.2. The lowest BCUT2D eigenvalue weighted by Crippen LogP contribution is -2.49. The van der Waals surface area contributed by atoms with Crippen molar-refractivity contribution in [3.05, 3.63) is 71.8 Å². The molecule has 2 unspecified atom stereocenters. The van der Waals surface area contributed by atoms with E-state index in [2.05, 4.69) is 33.9 Å². The molecule has 2 aromatic rings. The van der Waals surface area contributed by atoms with Crippen molar-refractivity contribution in [2.45, 2.75) is 89.6 Å². The first-order valence-electron chi connectivity index (χ1n) is 13.0. The van der Waals surface area contributed by atoms with Crippen LogP contribution in [0.3, 0.4) is 0 Å². The van der Waals surface area contributed by atoms with E-state index in [-0.39, 0.29) is 29.3 Å². The third-order valence-corrected chi connectivity index (χ3v) is 11.8. The van der Waals surface area contributed by atoms with Gasteiger partial charge in [-0.2, -0.15) is 0 Å². The molecule has 0 saturated carbocycles. The summed E-state index contributed by atoms with van der Waals surface area (Å²) in [5, 5.41) is -0.0289. The second-order valence-corrected chi connectivity index (χ2v) is 15.7. The number of carbonyl (C=O) groups is 2. The molecule has 36 heavy (non-hydrogen) atoms. The molecule has 0 aliphatic rings. The third kappa shape index (κ3) is 8.39. The van der Waals surface area contributed by atoms with Crippen LogP contribution in [-0.2, 0) is 24.3 Å². The average molecular weight is 513 g/mol. The highest BCUT2D eigenvalue weighted by atomic mass is 28.4. The Hall–Kier alpha value is -2.28. The van der Waals surface area contributed by atoms with E-state index in [1.54, 1.807) is 7.11 Å². The fraction of sp³-hybridized carbons (Fsp3) is 0.533. The Morgan fingerprint density at radius 3 is 2.06 bits per heavy atom. The lowest BCUT2D eigenvalue weighted by molar-refractivity contribution is -0.148. The molecular formula is C30H44O5Si. The molecule has 0 fully saturated rings. The number of ether oxygens (including phenoxy) is 2. The van der Waals surface area contributed by atoms with Crippen LogP contribution < -0.4 is 0 Å². The number of methoxy groups -OCH3 is 1. The van der Waals surface area contributed by atoms with Gasteiger partial charge in [-0.25, -0.2) is 0 Å². The van der Waals surface area contributed by atoms with Crippen LogP contribution in [0.15, 0.2) is 60.7 Å². The lowest BCUT2D eigenvalue weighted by atomic mass is 9.85. The van der Waals surface area contributed by atoms with Crippen molar-refractivity contribution < 1.29 is 23.5 Å². The fourth-order valence-corrected chi connectivity index (χ4v) is 5.75. The second kappa shape index (κ2) is 13.3. The quantitative estimate of drug-likeness (QED) is 0.151. The van der Waals surface area contributed by atoms with Crippen LogP contribution in [0.5, 0.6) is 0 Å². The maximum Gasteiger partial charge on any atom is 0.309 e. The molecule has 0 aromatic heterocycles. The van der Waals surface area contributed by atoms with Crippen molar-refractivity contribution >= 4 is 20.1 Å². The first-order valence-corrected chi connectivity index (χ1v) is 15.9. The van der Waals surface area contributed by atoms with Gasteiger partial charge in [0.05, 0.1) is 24.7 Å². The summed E-state index contributed by atoms with van der Waals surface area (Å²) in [6, 6.07) is 19.3. The van der Waals surface area contributed by atoms with Gasteiger partial charge in [-0.1, -0.05) is 81.4 Å². The zero-order valence-corrected chi connectivity index (χ0v) is 24.1. The molecule has 0 aliphatic heterocycles. The minimum Gasteiger partial charge on any atom is -0.466 e. The molecule has 0 bridgehead atoms. The summed E-state index contributed by atoms with van der Waals surface area (Å²) in [6.07, 6.45) is 2.32. The van der Waals surface area contributed by atoms with E-state index in [9.17, 15) is 9.59 Å². The van der Waals surface area contributed by atoms with Crippen LogP contribution in [0.2, 0.25) is 18.1 Å². The van der Waals surface area contributed by atoms with Crippen LogP contribution in [-0.4, -0.2) is 39.9 Å². The van der Waals surface area contributed by atoms with Gasteiger partial charge in [0.2, 0.25) is 0 Å². The summed E-state index contributed by atoms with van der Waals surface area (Å²) >= 11 is 0. The molecular weight excluding hydrogens is 468 g/mol. The summed E-state index contributed by atoms with van der Waals surface area (Å²) in [5.74, 6) is -0.191. The van der Waals surface area contributed by atoms with E-state index >= 15 is 0 Å². The van der Waals surface area contributed by atoms with Crippen LogP contribution in [0.25, 0.3) is 0 Å². The molecule has 0 radical (unpaired) electrons. The third-order valence-electron chi connectivity index (χ3n) is 7.24. The topological polar surface area (TPSA) is 61.8 Å². The molecule has 5 nitrogen and oxygen atoms in total. The van der Waals surface area contributed by atoms with E-state index in [4.69, 9.17) is 13.9 Å². The van der Waals surface area contributed by atoms with Gasteiger partial charge < -0.3 is 13.9 Å². The molecule has 2 aromatic carbocycles. The summed E-state index contributed by atoms with van der Waals surface area (Å²) in [4.78, 5) is 25.6. The predicted molar refractivity (Wildman–Crippen MR) is 148 cm³/mol. The highest BCUT2D eigenvalue weighted by Gasteiger charge is 2.46. The molecule has 0 amide bonds. The number of hydrogen-bond acceptors (Lipinski definition) is 5. The molecule has 198 valence electrons. The van der Waals surface area contributed by atoms with Crippen LogP contribution >= 0.6 is 0 Å². The Kier molecular flexibility index (Phi) is 11.1. The first kappa shape index (κ1) is 29.9. The van der Waals surface area contributed by atoms with Gasteiger partial charge in [-0.05, 0) is 49.9 Å². The van der Waals surface area contributed by atoms with Crippen molar-refractivity contribution in [2.75, 3.05) is 13.7 Å². The van der Waals surface area contributed by atoms with Gasteiger partial charge in [-0.15, -0.1) is 0 Å². The molecule has 0 saturated heterocycles. The number of esters is 1. The molecule has 0 heterocycles. The minimum absolute atomic E-state index is 0.0289. The standard InChI is InChI=1S/C30H44O5Si/c1-8-34-28(32)23-30(25-18-13-10-14-19-25,35-36(6,7)29(2,3)4)21-15-20-26(33-5)22-27(31)24-16-11-9-12-17-24/h9-14,16-19,26H,8,15,20-23H2,1-7H3. The normalized spacial score (nSPS) is 14.6. The van der Waals surface area contributed by atoms with E-state index in [1.807, 2.05) is 67.6 Å². The first-order chi connectivity index (χ1) is 16.9. The number of ketones is 1. The monoisotopic (exact) mass is 512 g/mol. The van der Waals surface area contributed by atoms with Crippen molar-refractivity contribution in [3.8, 4) is 0 Å². The molecule has 2 atom stereocenters. The molecule has 0 aliphatic carbocycles. The van der Waals surface area contributed by atoms with Gasteiger partial charge in [0, 0.05) is 19.1 Å². The van der Waals surface area contributed by atoms with E-state index < -0.39 is 13.9 Å². The lowest BCUT2D eigenvalue weighted by Gasteiger charge is -2.46. The van der Waals surface area contributed by atoms with Gasteiger partial charge >= 0.3 is 5.97 Å². The van der Waals surface area contributed by atoms with Gasteiger partial charge in [0.15, 0.2) is 14.1 Å². The zero-order chi connectivity index (χ0) is 26.8. The largest absolute Gasteiger partial charge is 0.466 e. The highest BCUT2D eigenvalue weighted by Crippen LogP contribution is 2.45. The van der Waals surface area contributed by atoms with Crippen molar-refractivity contribution in [2.24, 2.45) is 0 Å². The Morgan fingerprint density at radius 1 is 0.944 bits per heavy atom. The van der Waals surface area contributed by atoms with Crippen LogP contribution in [0, 0.1) is 0 Å². The number of benzene rings is 2. The Balaban J connectivity index is 2.30. The Morgan fingerprint density at radius 2 is 1.53 bits per heavy atom. The molecule has 0 N–H and O–H groups in total. The number of hydrogen-bond donors (Lipinski definition) is 0. The molecule has 6 heteroatoms. The fourth-order valence-electron chi connectivity index (χ4n) is 4.18. The predicted octanol–water partition coefficient (Wildman–Crippen LogP) is 7.32. The maximum absolute atomic E-state index is 12.9. The Labute approximate surface area is 218 Å². The van der Waals surface area contributed by atoms with Crippen molar-refractivity contribution in [1.29, 1.82) is 0 Å². The van der Waals surface area contributed by atoms with Gasteiger partial charge in [0.25, 0.3) is 0 Å². The van der Waals surface area contributed by atoms with Crippen molar-refractivity contribution in [1.82, 2.24) is 0 Å². The highest BCUT2D eigenvalue weighted by molar-refractivity contribution is 6.74. The second-order valence-electron chi connectivity index (χ2n) is 10.9. The summed E-state index contributed by atoms with van der Waals surface area (Å²) in [6.45, 7) is 13.2. The number of rotatable bonds is 14. The average Bonchev–Trinajstić information content (AvgIpc) is 2.83.